The number of amides is 2. The number of anilines is 1. The second-order valence-electron chi connectivity index (χ2n) is 6.70. The van der Waals surface area contributed by atoms with Gasteiger partial charge in [-0.2, -0.15) is 0 Å². The number of hydrazine groups is 1. The predicted octanol–water partition coefficient (Wildman–Crippen LogP) is 2.03. The molecule has 1 aromatic rings. The van der Waals surface area contributed by atoms with E-state index in [4.69, 9.17) is 0 Å². The molecule has 1 aliphatic heterocycles. The number of likely N-dealkylation sites (tertiary alicyclic amines) is 1. The van der Waals surface area contributed by atoms with Crippen LogP contribution in [0.15, 0.2) is 24.3 Å². The van der Waals surface area contributed by atoms with E-state index in [-0.39, 0.29) is 11.8 Å². The van der Waals surface area contributed by atoms with Gasteiger partial charge >= 0.3 is 0 Å². The Labute approximate surface area is 150 Å². The van der Waals surface area contributed by atoms with Gasteiger partial charge in [-0.1, -0.05) is 6.92 Å². The lowest BCUT2D eigenvalue weighted by Gasteiger charge is -2.30. The number of nitrogens with one attached hydrogen (secondary N) is 2. The lowest BCUT2D eigenvalue weighted by molar-refractivity contribution is -0.123. The molecule has 1 atom stereocenters. The molecule has 1 saturated heterocycles. The number of rotatable bonds is 6. The number of carbonyl (C=O) groups is 2. The smallest absolute Gasteiger partial charge is 0.269 e. The first-order chi connectivity index (χ1) is 12.0. The molecule has 0 bridgehead atoms. The van der Waals surface area contributed by atoms with Gasteiger partial charge in [-0.3, -0.25) is 25.3 Å². The zero-order valence-electron chi connectivity index (χ0n) is 15.5. The summed E-state index contributed by atoms with van der Waals surface area (Å²) in [7, 11) is 0. The maximum Gasteiger partial charge on any atom is 0.269 e. The van der Waals surface area contributed by atoms with Crippen LogP contribution in [-0.4, -0.2) is 49.4 Å². The molecule has 1 aromatic carbocycles. The van der Waals surface area contributed by atoms with E-state index in [0.717, 1.165) is 38.3 Å². The van der Waals surface area contributed by atoms with Crippen LogP contribution in [0.5, 0.6) is 0 Å². The van der Waals surface area contributed by atoms with Crippen molar-refractivity contribution in [2.45, 2.75) is 33.6 Å². The highest BCUT2D eigenvalue weighted by molar-refractivity contribution is 5.95. The van der Waals surface area contributed by atoms with Gasteiger partial charge in [-0.05, 0) is 63.4 Å². The first kappa shape index (κ1) is 19.2. The highest BCUT2D eigenvalue weighted by Crippen LogP contribution is 2.15. The minimum atomic E-state index is -0.300. The molecule has 0 spiro atoms. The van der Waals surface area contributed by atoms with Crippen molar-refractivity contribution in [1.29, 1.82) is 0 Å². The summed E-state index contributed by atoms with van der Waals surface area (Å²) in [5, 5.41) is 0. The minimum Gasteiger partial charge on any atom is -0.372 e. The van der Waals surface area contributed by atoms with Crippen molar-refractivity contribution in [3.8, 4) is 0 Å². The highest BCUT2D eigenvalue weighted by Gasteiger charge is 2.18. The van der Waals surface area contributed by atoms with Crippen molar-refractivity contribution >= 4 is 17.5 Å². The molecule has 0 unspecified atom stereocenters. The molecule has 6 heteroatoms. The van der Waals surface area contributed by atoms with Crippen LogP contribution in [0, 0.1) is 5.92 Å². The Morgan fingerprint density at radius 2 is 1.84 bits per heavy atom. The van der Waals surface area contributed by atoms with Gasteiger partial charge < -0.3 is 4.90 Å². The maximum atomic E-state index is 12.2. The summed E-state index contributed by atoms with van der Waals surface area (Å²) in [5.74, 6) is 0.147. The largest absolute Gasteiger partial charge is 0.372 e. The molecular formula is C19H30N4O2. The van der Waals surface area contributed by atoms with Crippen LogP contribution in [0.3, 0.4) is 0 Å². The molecule has 138 valence electrons. The molecule has 0 saturated carbocycles. The number of hydrogen-bond acceptors (Lipinski definition) is 4. The Morgan fingerprint density at radius 1 is 1.16 bits per heavy atom. The summed E-state index contributed by atoms with van der Waals surface area (Å²) in [5.41, 5.74) is 6.63. The van der Waals surface area contributed by atoms with Crippen molar-refractivity contribution in [3.05, 3.63) is 29.8 Å². The number of piperidine rings is 1. The number of hydrogen-bond donors (Lipinski definition) is 2. The third-order valence-electron chi connectivity index (χ3n) is 4.68. The lowest BCUT2D eigenvalue weighted by Crippen LogP contribution is -2.48. The van der Waals surface area contributed by atoms with Crippen LogP contribution in [0.4, 0.5) is 5.69 Å². The molecule has 1 aliphatic rings. The fourth-order valence-corrected chi connectivity index (χ4v) is 3.28. The molecule has 2 N–H and O–H groups in total. The molecule has 25 heavy (non-hydrogen) atoms. The van der Waals surface area contributed by atoms with Crippen LogP contribution in [0.25, 0.3) is 0 Å². The van der Waals surface area contributed by atoms with E-state index in [0.29, 0.717) is 18.0 Å². The topological polar surface area (TPSA) is 64.7 Å². The Hall–Kier alpha value is -2.08. The van der Waals surface area contributed by atoms with Crippen molar-refractivity contribution < 1.29 is 9.59 Å². The van der Waals surface area contributed by atoms with E-state index in [2.05, 4.69) is 41.4 Å². The van der Waals surface area contributed by atoms with Crippen LogP contribution >= 0.6 is 0 Å². The molecule has 2 amide bonds. The Balaban J connectivity index is 1.80. The maximum absolute atomic E-state index is 12.2. The quantitative estimate of drug-likeness (QED) is 0.774. The first-order valence-corrected chi connectivity index (χ1v) is 9.20. The van der Waals surface area contributed by atoms with Gasteiger partial charge in [0, 0.05) is 30.9 Å². The van der Waals surface area contributed by atoms with Gasteiger partial charge in [0.05, 0.1) is 6.54 Å². The summed E-state index contributed by atoms with van der Waals surface area (Å²) in [6.45, 7) is 10.5. The zero-order valence-corrected chi connectivity index (χ0v) is 15.5. The summed E-state index contributed by atoms with van der Waals surface area (Å²) >= 11 is 0. The summed E-state index contributed by atoms with van der Waals surface area (Å²) in [6, 6.07) is 7.42. The fraction of sp³-hybridized carbons (Fsp3) is 0.579. The third kappa shape index (κ3) is 5.74. The van der Waals surface area contributed by atoms with Crippen molar-refractivity contribution in [2.24, 2.45) is 5.92 Å². The van der Waals surface area contributed by atoms with Crippen LogP contribution < -0.4 is 15.8 Å². The van der Waals surface area contributed by atoms with E-state index in [1.807, 2.05) is 12.1 Å². The van der Waals surface area contributed by atoms with Crippen molar-refractivity contribution in [1.82, 2.24) is 15.8 Å². The van der Waals surface area contributed by atoms with Gasteiger partial charge in [0.25, 0.3) is 11.8 Å². The van der Waals surface area contributed by atoms with Crippen molar-refractivity contribution in [3.63, 3.8) is 0 Å². The fourth-order valence-electron chi connectivity index (χ4n) is 3.28. The molecule has 6 nitrogen and oxygen atoms in total. The van der Waals surface area contributed by atoms with Crippen LogP contribution in [0.1, 0.15) is 44.0 Å². The summed E-state index contributed by atoms with van der Waals surface area (Å²) < 4.78 is 0. The SMILES string of the molecule is CCN(CC)c1ccc(C(=O)NNC(=O)CN2CCC[C@H](C)C2)cc1. The third-order valence-corrected chi connectivity index (χ3v) is 4.68. The second kappa shape index (κ2) is 9.42. The first-order valence-electron chi connectivity index (χ1n) is 9.20. The Morgan fingerprint density at radius 3 is 2.44 bits per heavy atom. The van der Waals surface area contributed by atoms with Gasteiger partial charge in [0.15, 0.2) is 0 Å². The Bertz CT molecular complexity index is 569. The van der Waals surface area contributed by atoms with E-state index >= 15 is 0 Å². The average Bonchev–Trinajstić information content (AvgIpc) is 2.61. The van der Waals surface area contributed by atoms with Gasteiger partial charge in [-0.25, -0.2) is 0 Å². The lowest BCUT2D eigenvalue weighted by atomic mass is 10.0. The molecular weight excluding hydrogens is 316 g/mol. The van der Waals surface area contributed by atoms with Gasteiger partial charge in [0.1, 0.15) is 0 Å². The second-order valence-corrected chi connectivity index (χ2v) is 6.70. The van der Waals surface area contributed by atoms with E-state index in [9.17, 15) is 9.59 Å². The van der Waals surface area contributed by atoms with E-state index < -0.39 is 0 Å². The predicted molar refractivity (Wildman–Crippen MR) is 100 cm³/mol. The normalized spacial score (nSPS) is 17.8. The molecule has 2 rings (SSSR count). The summed E-state index contributed by atoms with van der Waals surface area (Å²) in [6.07, 6.45) is 2.35. The summed E-state index contributed by atoms with van der Waals surface area (Å²) in [4.78, 5) is 28.5. The zero-order chi connectivity index (χ0) is 18.2. The van der Waals surface area contributed by atoms with Gasteiger partial charge in [0.2, 0.25) is 0 Å². The molecule has 1 heterocycles. The highest BCUT2D eigenvalue weighted by atomic mass is 16.2. The van der Waals surface area contributed by atoms with Crippen molar-refractivity contribution in [2.75, 3.05) is 37.6 Å². The molecule has 0 aromatic heterocycles. The monoisotopic (exact) mass is 346 g/mol. The minimum absolute atomic E-state index is 0.179. The van der Waals surface area contributed by atoms with Gasteiger partial charge in [-0.15, -0.1) is 0 Å². The number of nitrogens with zero attached hydrogens (tertiary/aromatic N) is 2. The van der Waals surface area contributed by atoms with E-state index in [1.165, 1.54) is 6.42 Å². The Kier molecular flexibility index (Phi) is 7.25. The molecule has 1 fully saturated rings. The number of carbonyl (C=O) groups excluding carboxylic acids is 2. The molecule has 0 radical (unpaired) electrons. The van der Waals surface area contributed by atoms with Crippen LogP contribution in [0.2, 0.25) is 0 Å². The molecule has 0 aliphatic carbocycles. The van der Waals surface area contributed by atoms with Crippen LogP contribution in [-0.2, 0) is 4.79 Å². The average molecular weight is 346 g/mol. The standard InChI is InChI=1S/C19H30N4O2/c1-4-23(5-2)17-10-8-16(9-11-17)19(25)21-20-18(24)14-22-12-6-7-15(3)13-22/h8-11,15H,4-7,12-14H2,1-3H3,(H,20,24)(H,21,25)/t15-/m0/s1. The van der Waals surface area contributed by atoms with E-state index in [1.54, 1.807) is 12.1 Å². The number of benzene rings is 1.